The molecule has 7 heteroatoms. The van der Waals surface area contributed by atoms with Crippen LogP contribution in [-0.2, 0) is 0 Å². The van der Waals surface area contributed by atoms with Crippen LogP contribution >= 0.6 is 0 Å². The molecule has 3 aromatic rings. The zero-order valence-electron chi connectivity index (χ0n) is 16.4. The third kappa shape index (κ3) is 4.00. The number of hydrogen-bond acceptors (Lipinski definition) is 4. The summed E-state index contributed by atoms with van der Waals surface area (Å²) in [5.41, 5.74) is 0.938. The Morgan fingerprint density at radius 1 is 1.07 bits per heavy atom. The fraction of sp³-hybridized carbons (Fsp3) is 0.318. The summed E-state index contributed by atoms with van der Waals surface area (Å²) < 4.78 is 1.37. The van der Waals surface area contributed by atoms with E-state index < -0.39 is 11.1 Å². The molecule has 1 saturated heterocycles. The Morgan fingerprint density at radius 3 is 2.48 bits per heavy atom. The summed E-state index contributed by atoms with van der Waals surface area (Å²) in [6, 6.07) is 13.9. The van der Waals surface area contributed by atoms with Crippen LogP contribution in [0.15, 0.2) is 58.1 Å². The van der Waals surface area contributed by atoms with Crippen LogP contribution in [0, 0.1) is 5.92 Å². The molecule has 0 atom stereocenters. The maximum absolute atomic E-state index is 12.5. The van der Waals surface area contributed by atoms with Crippen molar-refractivity contribution in [3.05, 3.63) is 74.8 Å². The van der Waals surface area contributed by atoms with E-state index in [2.05, 4.69) is 22.2 Å². The summed E-state index contributed by atoms with van der Waals surface area (Å²) in [7, 11) is 2.12. The molecule has 2 heterocycles. The molecule has 2 N–H and O–H groups in total. The van der Waals surface area contributed by atoms with E-state index in [1.807, 2.05) is 0 Å². The maximum atomic E-state index is 12.5. The van der Waals surface area contributed by atoms with Gasteiger partial charge in [-0.1, -0.05) is 12.1 Å². The largest absolute Gasteiger partial charge is 0.352 e. The van der Waals surface area contributed by atoms with Crippen molar-refractivity contribution >= 4 is 16.9 Å². The van der Waals surface area contributed by atoms with E-state index in [9.17, 15) is 14.4 Å². The molecule has 150 valence electrons. The number of benzene rings is 2. The van der Waals surface area contributed by atoms with Crippen molar-refractivity contribution in [1.82, 2.24) is 19.8 Å². The average molecular weight is 392 g/mol. The Balaban J connectivity index is 1.53. The highest BCUT2D eigenvalue weighted by Crippen LogP contribution is 2.16. The molecule has 1 aliphatic rings. The van der Waals surface area contributed by atoms with Crippen LogP contribution in [0.2, 0.25) is 0 Å². The number of amides is 1. The Kier molecular flexibility index (Phi) is 5.31. The molecule has 0 spiro atoms. The minimum atomic E-state index is -0.677. The lowest BCUT2D eigenvalue weighted by atomic mass is 9.97. The van der Waals surface area contributed by atoms with Gasteiger partial charge in [0.2, 0.25) is 0 Å². The van der Waals surface area contributed by atoms with Gasteiger partial charge in [0.1, 0.15) is 0 Å². The number of aromatic amines is 1. The first-order valence-electron chi connectivity index (χ1n) is 9.84. The van der Waals surface area contributed by atoms with Crippen molar-refractivity contribution in [1.29, 1.82) is 0 Å². The van der Waals surface area contributed by atoms with Gasteiger partial charge < -0.3 is 15.2 Å². The van der Waals surface area contributed by atoms with E-state index in [1.165, 1.54) is 4.57 Å². The number of rotatable bonds is 4. The monoisotopic (exact) mass is 392 g/mol. The molecule has 0 aliphatic carbocycles. The van der Waals surface area contributed by atoms with E-state index in [1.54, 1.807) is 48.5 Å². The van der Waals surface area contributed by atoms with Crippen molar-refractivity contribution in [2.45, 2.75) is 12.8 Å². The van der Waals surface area contributed by atoms with Gasteiger partial charge in [0.05, 0.1) is 11.0 Å². The quantitative estimate of drug-likeness (QED) is 0.663. The zero-order valence-corrected chi connectivity index (χ0v) is 16.4. The smallest absolute Gasteiger partial charge is 0.321 e. The lowest BCUT2D eigenvalue weighted by Gasteiger charge is -2.28. The molecule has 2 aromatic carbocycles. The predicted octanol–water partition coefficient (Wildman–Crippen LogP) is 1.75. The minimum Gasteiger partial charge on any atom is -0.352 e. The van der Waals surface area contributed by atoms with E-state index in [0.717, 1.165) is 25.9 Å². The van der Waals surface area contributed by atoms with Crippen molar-refractivity contribution < 1.29 is 4.79 Å². The molecule has 1 aromatic heterocycles. The number of likely N-dealkylation sites (tertiary alicyclic amines) is 1. The number of para-hydroxylation sites is 2. The molecule has 0 radical (unpaired) electrons. The molecule has 1 aliphatic heterocycles. The van der Waals surface area contributed by atoms with E-state index >= 15 is 0 Å². The van der Waals surface area contributed by atoms with Crippen LogP contribution in [0.4, 0.5) is 0 Å². The lowest BCUT2D eigenvalue weighted by Crippen LogP contribution is -2.37. The van der Waals surface area contributed by atoms with Gasteiger partial charge in [0, 0.05) is 17.8 Å². The summed E-state index contributed by atoms with van der Waals surface area (Å²) in [5.74, 6) is 0.383. The Hall–Kier alpha value is -3.19. The number of H-pyrrole nitrogens is 1. The van der Waals surface area contributed by atoms with Gasteiger partial charge in [-0.2, -0.15) is 0 Å². The molecule has 29 heavy (non-hydrogen) atoms. The van der Waals surface area contributed by atoms with E-state index in [4.69, 9.17) is 0 Å². The minimum absolute atomic E-state index is 0.126. The fourth-order valence-corrected chi connectivity index (χ4v) is 3.78. The van der Waals surface area contributed by atoms with Gasteiger partial charge in [-0.3, -0.25) is 19.0 Å². The van der Waals surface area contributed by atoms with Gasteiger partial charge >= 0.3 is 11.1 Å². The van der Waals surface area contributed by atoms with Gasteiger partial charge in [0.25, 0.3) is 5.91 Å². The van der Waals surface area contributed by atoms with Crippen molar-refractivity contribution in [2.75, 3.05) is 26.7 Å². The highest BCUT2D eigenvalue weighted by Gasteiger charge is 2.17. The topological polar surface area (TPSA) is 87.2 Å². The molecule has 7 nitrogen and oxygen atoms in total. The van der Waals surface area contributed by atoms with Gasteiger partial charge in [-0.05, 0) is 75.3 Å². The number of hydrogen-bond donors (Lipinski definition) is 2. The highest BCUT2D eigenvalue weighted by atomic mass is 16.2. The van der Waals surface area contributed by atoms with Crippen molar-refractivity contribution in [3.8, 4) is 5.69 Å². The van der Waals surface area contributed by atoms with E-state index in [0.29, 0.717) is 34.7 Å². The van der Waals surface area contributed by atoms with Crippen LogP contribution in [0.1, 0.15) is 23.2 Å². The highest BCUT2D eigenvalue weighted by molar-refractivity contribution is 5.94. The molecular formula is C22H24N4O3. The first-order valence-corrected chi connectivity index (χ1v) is 9.84. The SMILES string of the molecule is CN1CCC(CNC(=O)c2ccc(-n3c(=O)c(=O)[nH]c4ccccc43)cc2)CC1. The summed E-state index contributed by atoms with van der Waals surface area (Å²) in [5, 5.41) is 3.01. The zero-order chi connectivity index (χ0) is 20.4. The first-order chi connectivity index (χ1) is 14.0. The molecular weight excluding hydrogens is 368 g/mol. The van der Waals surface area contributed by atoms with Crippen LogP contribution < -0.4 is 16.4 Å². The van der Waals surface area contributed by atoms with E-state index in [-0.39, 0.29) is 5.91 Å². The number of aromatic nitrogens is 2. The molecule has 0 unspecified atom stereocenters. The van der Waals surface area contributed by atoms with Crippen LogP contribution in [0.3, 0.4) is 0 Å². The molecule has 0 saturated carbocycles. The second-order valence-corrected chi connectivity index (χ2v) is 7.62. The third-order valence-corrected chi connectivity index (χ3v) is 5.57. The third-order valence-electron chi connectivity index (χ3n) is 5.57. The lowest BCUT2D eigenvalue weighted by molar-refractivity contribution is 0.0939. The molecule has 4 rings (SSSR count). The van der Waals surface area contributed by atoms with Gasteiger partial charge in [0.15, 0.2) is 0 Å². The van der Waals surface area contributed by atoms with Crippen LogP contribution in [0.5, 0.6) is 0 Å². The average Bonchev–Trinajstić information content (AvgIpc) is 2.74. The first kappa shape index (κ1) is 19.1. The second kappa shape index (κ2) is 8.05. The number of carbonyl (C=O) groups excluding carboxylic acids is 1. The molecule has 0 bridgehead atoms. The molecule has 1 fully saturated rings. The maximum Gasteiger partial charge on any atom is 0.321 e. The number of piperidine rings is 1. The Morgan fingerprint density at radius 2 is 1.76 bits per heavy atom. The van der Waals surface area contributed by atoms with Crippen LogP contribution in [-0.4, -0.2) is 47.0 Å². The second-order valence-electron chi connectivity index (χ2n) is 7.62. The van der Waals surface area contributed by atoms with Crippen molar-refractivity contribution in [2.24, 2.45) is 5.92 Å². The fourth-order valence-electron chi connectivity index (χ4n) is 3.78. The summed E-state index contributed by atoms with van der Waals surface area (Å²) in [6.07, 6.45) is 2.18. The molecule has 1 amide bonds. The number of fused-ring (bicyclic) bond motifs is 1. The predicted molar refractivity (Wildman–Crippen MR) is 113 cm³/mol. The van der Waals surface area contributed by atoms with Crippen molar-refractivity contribution in [3.63, 3.8) is 0 Å². The standard InChI is InChI=1S/C22H24N4O3/c1-25-12-10-15(11-13-25)14-23-20(27)16-6-8-17(9-7-16)26-19-5-3-2-4-18(19)24-21(28)22(26)29/h2-9,15H,10-14H2,1H3,(H,23,27)(H,24,28). The summed E-state index contributed by atoms with van der Waals surface area (Å²) in [4.78, 5) is 41.8. The normalized spacial score (nSPS) is 15.5. The van der Waals surface area contributed by atoms with Gasteiger partial charge in [-0.25, -0.2) is 0 Å². The number of carbonyl (C=O) groups is 1. The van der Waals surface area contributed by atoms with Gasteiger partial charge in [-0.15, -0.1) is 0 Å². The number of nitrogens with zero attached hydrogens (tertiary/aromatic N) is 2. The summed E-state index contributed by atoms with van der Waals surface area (Å²) in [6.45, 7) is 2.80. The summed E-state index contributed by atoms with van der Waals surface area (Å²) >= 11 is 0. The Bertz CT molecular complexity index is 1140. The Labute approximate surface area is 168 Å². The van der Waals surface area contributed by atoms with Crippen LogP contribution in [0.25, 0.3) is 16.7 Å². The number of nitrogens with one attached hydrogen (secondary N) is 2.